The van der Waals surface area contributed by atoms with E-state index >= 15 is 0 Å². The molecule has 2 heterocycles. The number of piperidine rings is 1. The number of likely N-dealkylation sites (tertiary alicyclic amines) is 1. The number of hydrogen-bond donors (Lipinski definition) is 1. The van der Waals surface area contributed by atoms with Crippen LogP contribution in [0.3, 0.4) is 0 Å². The summed E-state index contributed by atoms with van der Waals surface area (Å²) in [4.78, 5) is 15.2. The third kappa shape index (κ3) is 5.42. The normalized spacial score (nSPS) is 30.7. The molecule has 29 heavy (non-hydrogen) atoms. The van der Waals surface area contributed by atoms with Gasteiger partial charge in [-0.1, -0.05) is 26.7 Å². The predicted molar refractivity (Wildman–Crippen MR) is 115 cm³/mol. The van der Waals surface area contributed by atoms with Crippen LogP contribution in [0.1, 0.15) is 89.7 Å². The molecule has 0 bridgehead atoms. The second kappa shape index (κ2) is 9.63. The smallest absolute Gasteiger partial charge is 0.222 e. The van der Waals surface area contributed by atoms with Crippen molar-refractivity contribution in [2.24, 2.45) is 17.8 Å². The number of amides is 1. The molecule has 5 nitrogen and oxygen atoms in total. The molecule has 1 saturated heterocycles. The summed E-state index contributed by atoms with van der Waals surface area (Å²) < 4.78 is 6.47. The molecule has 0 radical (unpaired) electrons. The van der Waals surface area contributed by atoms with Gasteiger partial charge in [-0.25, -0.2) is 0 Å². The van der Waals surface area contributed by atoms with Gasteiger partial charge in [-0.05, 0) is 68.8 Å². The molecule has 1 aliphatic heterocycles. The lowest BCUT2D eigenvalue weighted by atomic mass is 9.80. The zero-order chi connectivity index (χ0) is 20.2. The lowest BCUT2D eigenvalue weighted by Crippen LogP contribution is -2.50. The van der Waals surface area contributed by atoms with Crippen LogP contribution in [0, 0.1) is 17.8 Å². The second-order valence-corrected chi connectivity index (χ2v) is 10.0. The Balaban J connectivity index is 1.38. The standard InChI is InChI=1S/C24H39N3O2/c1-17(2)19-8-10-20(11-9-19)29-16-23-21(22-13-14-25-26-22)4-3-15-27(23)24(28)12-7-18-5-6-18/h13-14,17-21,23H,3-12,15-16H2,1-2H3,(H,25,26)/t19?,20?,21-,23+/m1/s1. The average Bonchev–Trinajstić information content (AvgIpc) is 3.41. The molecule has 2 aliphatic carbocycles. The number of aromatic nitrogens is 2. The highest BCUT2D eigenvalue weighted by Crippen LogP contribution is 2.37. The van der Waals surface area contributed by atoms with Crippen molar-refractivity contribution in [1.82, 2.24) is 15.1 Å². The number of carbonyl (C=O) groups excluding carboxylic acids is 1. The van der Waals surface area contributed by atoms with Crippen LogP contribution in [0.25, 0.3) is 0 Å². The number of rotatable bonds is 8. The van der Waals surface area contributed by atoms with Gasteiger partial charge in [0.15, 0.2) is 0 Å². The highest BCUT2D eigenvalue weighted by molar-refractivity contribution is 5.76. The molecule has 0 unspecified atom stereocenters. The van der Waals surface area contributed by atoms with Gasteiger partial charge in [0.2, 0.25) is 5.91 Å². The van der Waals surface area contributed by atoms with Gasteiger partial charge in [-0.3, -0.25) is 9.89 Å². The summed E-state index contributed by atoms with van der Waals surface area (Å²) in [6.45, 7) is 6.22. The molecule has 0 spiro atoms. The van der Waals surface area contributed by atoms with E-state index in [1.807, 2.05) is 6.20 Å². The van der Waals surface area contributed by atoms with E-state index < -0.39 is 0 Å². The van der Waals surface area contributed by atoms with Crippen LogP contribution >= 0.6 is 0 Å². The van der Waals surface area contributed by atoms with Crippen LogP contribution in [-0.2, 0) is 9.53 Å². The third-order valence-electron chi connectivity index (χ3n) is 7.65. The molecule has 1 amide bonds. The van der Waals surface area contributed by atoms with Crippen molar-refractivity contribution >= 4 is 5.91 Å². The maximum absolute atomic E-state index is 13.1. The van der Waals surface area contributed by atoms with Crippen LogP contribution in [0.4, 0.5) is 0 Å². The molecule has 1 aromatic rings. The molecule has 4 rings (SSSR count). The molecule has 2 saturated carbocycles. The number of aromatic amines is 1. The third-order valence-corrected chi connectivity index (χ3v) is 7.65. The molecule has 1 N–H and O–H groups in total. The van der Waals surface area contributed by atoms with E-state index in [2.05, 4.69) is 35.0 Å². The Morgan fingerprint density at radius 1 is 1.21 bits per heavy atom. The molecular weight excluding hydrogens is 362 g/mol. The van der Waals surface area contributed by atoms with E-state index in [0.29, 0.717) is 31.0 Å². The summed E-state index contributed by atoms with van der Waals surface area (Å²) in [6.07, 6.45) is 13.6. The topological polar surface area (TPSA) is 58.2 Å². The first-order valence-corrected chi connectivity index (χ1v) is 12.0. The first-order valence-electron chi connectivity index (χ1n) is 12.0. The highest BCUT2D eigenvalue weighted by atomic mass is 16.5. The number of nitrogens with one attached hydrogen (secondary N) is 1. The van der Waals surface area contributed by atoms with E-state index in [-0.39, 0.29) is 6.04 Å². The fourth-order valence-corrected chi connectivity index (χ4v) is 5.44. The summed E-state index contributed by atoms with van der Waals surface area (Å²) >= 11 is 0. The van der Waals surface area contributed by atoms with E-state index in [0.717, 1.165) is 49.3 Å². The van der Waals surface area contributed by atoms with Gasteiger partial charge >= 0.3 is 0 Å². The fourth-order valence-electron chi connectivity index (χ4n) is 5.44. The zero-order valence-corrected chi connectivity index (χ0v) is 18.3. The first kappa shape index (κ1) is 20.9. The Kier molecular flexibility index (Phi) is 6.94. The van der Waals surface area contributed by atoms with Crippen molar-refractivity contribution in [2.45, 2.75) is 96.1 Å². The maximum Gasteiger partial charge on any atom is 0.222 e. The molecule has 0 aromatic carbocycles. The number of H-pyrrole nitrogens is 1. The fraction of sp³-hybridized carbons (Fsp3) is 0.833. The van der Waals surface area contributed by atoms with E-state index in [1.165, 1.54) is 38.5 Å². The number of nitrogens with zero attached hydrogens (tertiary/aromatic N) is 2. The second-order valence-electron chi connectivity index (χ2n) is 10.0. The predicted octanol–water partition coefficient (Wildman–Crippen LogP) is 4.91. The lowest BCUT2D eigenvalue weighted by Gasteiger charge is -2.42. The minimum atomic E-state index is 0.138. The first-order chi connectivity index (χ1) is 14.1. The Bertz CT molecular complexity index is 633. The molecule has 2 atom stereocenters. The Morgan fingerprint density at radius 3 is 2.66 bits per heavy atom. The lowest BCUT2D eigenvalue weighted by molar-refractivity contribution is -0.138. The van der Waals surface area contributed by atoms with Gasteiger partial charge < -0.3 is 9.64 Å². The van der Waals surface area contributed by atoms with Crippen molar-refractivity contribution in [1.29, 1.82) is 0 Å². The molecule has 162 valence electrons. The minimum absolute atomic E-state index is 0.138. The van der Waals surface area contributed by atoms with Gasteiger partial charge in [0.1, 0.15) is 0 Å². The summed E-state index contributed by atoms with van der Waals surface area (Å²) in [6, 6.07) is 2.21. The van der Waals surface area contributed by atoms with E-state index in [4.69, 9.17) is 4.74 Å². The Morgan fingerprint density at radius 2 is 2.00 bits per heavy atom. The number of ether oxygens (including phenoxy) is 1. The van der Waals surface area contributed by atoms with E-state index in [1.54, 1.807) is 0 Å². The van der Waals surface area contributed by atoms with Crippen LogP contribution in [0.5, 0.6) is 0 Å². The van der Waals surface area contributed by atoms with E-state index in [9.17, 15) is 4.79 Å². The molecule has 5 heteroatoms. The summed E-state index contributed by atoms with van der Waals surface area (Å²) in [5.74, 6) is 3.07. The summed E-state index contributed by atoms with van der Waals surface area (Å²) in [7, 11) is 0. The maximum atomic E-state index is 13.1. The SMILES string of the molecule is CC(C)C1CCC(OC[C@H]2[C@@H](c3ccn[nH]3)CCCN2C(=O)CCC2CC2)CC1. The highest BCUT2D eigenvalue weighted by Gasteiger charge is 2.37. The number of hydrogen-bond acceptors (Lipinski definition) is 3. The van der Waals surface area contributed by atoms with Gasteiger partial charge in [0.25, 0.3) is 0 Å². The Hall–Kier alpha value is -1.36. The average molecular weight is 402 g/mol. The van der Waals surface area contributed by atoms with Crippen molar-refractivity contribution < 1.29 is 9.53 Å². The van der Waals surface area contributed by atoms with Gasteiger partial charge in [0, 0.05) is 30.8 Å². The van der Waals surface area contributed by atoms with Crippen molar-refractivity contribution in [3.8, 4) is 0 Å². The quantitative estimate of drug-likeness (QED) is 0.673. The van der Waals surface area contributed by atoms with Crippen LogP contribution in [0.15, 0.2) is 12.3 Å². The van der Waals surface area contributed by atoms with Gasteiger partial charge in [-0.15, -0.1) is 0 Å². The molecule has 1 aromatic heterocycles. The van der Waals surface area contributed by atoms with Crippen molar-refractivity contribution in [2.75, 3.05) is 13.2 Å². The van der Waals surface area contributed by atoms with Gasteiger partial charge in [0.05, 0.1) is 18.8 Å². The molecular formula is C24H39N3O2. The van der Waals surface area contributed by atoms with Crippen LogP contribution < -0.4 is 0 Å². The van der Waals surface area contributed by atoms with Gasteiger partial charge in [-0.2, -0.15) is 5.10 Å². The monoisotopic (exact) mass is 401 g/mol. The Labute approximate surface area is 176 Å². The summed E-state index contributed by atoms with van der Waals surface area (Å²) in [5.41, 5.74) is 1.15. The number of carbonyl (C=O) groups is 1. The largest absolute Gasteiger partial charge is 0.376 e. The molecule has 3 aliphatic rings. The van der Waals surface area contributed by atoms with Crippen LogP contribution in [-0.4, -0.2) is 46.3 Å². The van der Waals surface area contributed by atoms with Crippen LogP contribution in [0.2, 0.25) is 0 Å². The zero-order valence-electron chi connectivity index (χ0n) is 18.3. The van der Waals surface area contributed by atoms with Crippen molar-refractivity contribution in [3.05, 3.63) is 18.0 Å². The van der Waals surface area contributed by atoms with Crippen molar-refractivity contribution in [3.63, 3.8) is 0 Å². The summed E-state index contributed by atoms with van der Waals surface area (Å²) in [5, 5.41) is 7.34. The minimum Gasteiger partial charge on any atom is -0.376 e. The molecule has 3 fully saturated rings.